The van der Waals surface area contributed by atoms with Gasteiger partial charge in [0.05, 0.1) is 7.11 Å². The number of methoxy groups -OCH3 is 1. The number of hydrogen-bond acceptors (Lipinski definition) is 6. The molecule has 6 nitrogen and oxygen atoms in total. The van der Waals surface area contributed by atoms with E-state index >= 15 is 0 Å². The molecule has 0 aliphatic carbocycles. The van der Waals surface area contributed by atoms with Gasteiger partial charge in [-0.05, 0) is 60.7 Å². The number of benzene rings is 2. The van der Waals surface area contributed by atoms with Crippen molar-refractivity contribution in [2.45, 2.75) is 25.7 Å². The molecule has 0 saturated carbocycles. The summed E-state index contributed by atoms with van der Waals surface area (Å²) in [5, 5.41) is 28.0. The molecule has 2 aromatic carbocycles. The maximum atomic E-state index is 12.0. The molecule has 0 aliphatic rings. The first-order valence-electron chi connectivity index (χ1n) is 8.64. The Morgan fingerprint density at radius 1 is 1.00 bits per heavy atom. The lowest BCUT2D eigenvalue weighted by atomic mass is 10.1. The second kappa shape index (κ2) is 10.2. The summed E-state index contributed by atoms with van der Waals surface area (Å²) < 4.78 is 9.99. The highest BCUT2D eigenvalue weighted by atomic mass is 16.6. The molecule has 0 radical (unpaired) electrons. The molecule has 0 bridgehead atoms. The van der Waals surface area contributed by atoms with Crippen LogP contribution in [0.1, 0.15) is 24.0 Å². The van der Waals surface area contributed by atoms with E-state index in [1.807, 2.05) is 6.08 Å². The molecule has 27 heavy (non-hydrogen) atoms. The number of aromatic hydroxyl groups is 2. The molecular weight excluding hydrogens is 348 g/mol. The minimum Gasteiger partial charge on any atom is -0.504 e. The van der Waals surface area contributed by atoms with Crippen LogP contribution in [0.25, 0.3) is 0 Å². The van der Waals surface area contributed by atoms with E-state index in [2.05, 4.69) is 0 Å². The van der Waals surface area contributed by atoms with E-state index in [9.17, 15) is 15.0 Å². The largest absolute Gasteiger partial charge is 0.504 e. The Balaban J connectivity index is 1.79. The maximum Gasteiger partial charge on any atom is 0.186 e. The van der Waals surface area contributed by atoms with Crippen LogP contribution >= 0.6 is 0 Å². The van der Waals surface area contributed by atoms with Crippen LogP contribution in [0, 0.1) is 0 Å². The third-order valence-electron chi connectivity index (χ3n) is 4.05. The molecule has 144 valence electrons. The van der Waals surface area contributed by atoms with Crippen LogP contribution in [0.3, 0.4) is 0 Å². The van der Waals surface area contributed by atoms with Crippen molar-refractivity contribution in [3.8, 4) is 23.0 Å². The van der Waals surface area contributed by atoms with Crippen LogP contribution < -0.4 is 9.47 Å². The molecule has 6 heteroatoms. The predicted octanol–water partition coefficient (Wildman–Crippen LogP) is 3.13. The van der Waals surface area contributed by atoms with Gasteiger partial charge in [-0.1, -0.05) is 18.2 Å². The first-order chi connectivity index (χ1) is 13.0. The second-order valence-corrected chi connectivity index (χ2v) is 5.99. The number of aliphatic hydroxyl groups is 1. The third kappa shape index (κ3) is 6.34. The van der Waals surface area contributed by atoms with Crippen molar-refractivity contribution in [3.05, 3.63) is 59.7 Å². The topological polar surface area (TPSA) is 96.2 Å². The molecule has 0 amide bonds. The van der Waals surface area contributed by atoms with E-state index in [0.29, 0.717) is 31.4 Å². The van der Waals surface area contributed by atoms with Crippen molar-refractivity contribution in [2.24, 2.45) is 0 Å². The number of aryl methyl sites for hydroxylation is 2. The number of allylic oxidation sites excluding steroid dienone is 2. The van der Waals surface area contributed by atoms with Crippen LogP contribution in [0.5, 0.6) is 23.0 Å². The van der Waals surface area contributed by atoms with E-state index in [-0.39, 0.29) is 23.0 Å². The molecule has 0 aliphatic heterocycles. The summed E-state index contributed by atoms with van der Waals surface area (Å²) in [6.07, 6.45) is 5.68. The lowest BCUT2D eigenvalue weighted by Crippen LogP contribution is -1.97. The molecule has 0 saturated heterocycles. The first-order valence-corrected chi connectivity index (χ1v) is 8.64. The average Bonchev–Trinajstić information content (AvgIpc) is 2.67. The summed E-state index contributed by atoms with van der Waals surface area (Å²) in [5.74, 6) is 0.712. The van der Waals surface area contributed by atoms with Crippen molar-refractivity contribution in [1.29, 1.82) is 0 Å². The SMILES string of the molecule is COc1cc(CCC(=O)C=CCCc2ccc(O)c(OCO)c2)ccc1O. The highest BCUT2D eigenvalue weighted by Gasteiger charge is 2.05. The summed E-state index contributed by atoms with van der Waals surface area (Å²) in [6.45, 7) is -0.502. The van der Waals surface area contributed by atoms with Crippen molar-refractivity contribution >= 4 is 5.78 Å². The number of aliphatic hydroxyl groups excluding tert-OH is 1. The smallest absolute Gasteiger partial charge is 0.186 e. The van der Waals surface area contributed by atoms with Crippen LogP contribution in [0.15, 0.2) is 48.6 Å². The Kier molecular flexibility index (Phi) is 7.70. The van der Waals surface area contributed by atoms with Gasteiger partial charge in [0, 0.05) is 6.42 Å². The van der Waals surface area contributed by atoms with E-state index in [0.717, 1.165) is 11.1 Å². The minimum absolute atomic E-state index is 0.0237. The highest BCUT2D eigenvalue weighted by molar-refractivity contribution is 5.89. The molecular formula is C21H24O6. The Morgan fingerprint density at radius 3 is 2.30 bits per heavy atom. The van der Waals surface area contributed by atoms with E-state index in [4.69, 9.17) is 14.6 Å². The van der Waals surface area contributed by atoms with Crippen LogP contribution in [-0.4, -0.2) is 35.0 Å². The summed E-state index contributed by atoms with van der Waals surface area (Å²) in [7, 11) is 1.49. The standard InChI is InChI=1S/C21H24O6/c1-26-20-12-16(8-10-18(20)24)6-9-17(23)5-3-2-4-15-7-11-19(25)21(13-15)27-14-22/h3,5,7-8,10-13,22,24-25H,2,4,6,9,14H2,1H3. The fraction of sp³-hybridized carbons (Fsp3) is 0.286. The third-order valence-corrected chi connectivity index (χ3v) is 4.05. The van der Waals surface area contributed by atoms with Gasteiger partial charge in [-0.25, -0.2) is 0 Å². The van der Waals surface area contributed by atoms with Gasteiger partial charge in [-0.2, -0.15) is 0 Å². The van der Waals surface area contributed by atoms with Crippen molar-refractivity contribution in [2.75, 3.05) is 13.9 Å². The van der Waals surface area contributed by atoms with Gasteiger partial charge in [0.25, 0.3) is 0 Å². The van der Waals surface area contributed by atoms with Crippen molar-refractivity contribution < 1.29 is 29.6 Å². The Labute approximate surface area is 158 Å². The van der Waals surface area contributed by atoms with Gasteiger partial charge < -0.3 is 24.8 Å². The zero-order valence-electron chi connectivity index (χ0n) is 15.2. The minimum atomic E-state index is -0.502. The first kappa shape index (κ1) is 20.3. The van der Waals surface area contributed by atoms with Gasteiger partial charge in [0.1, 0.15) is 0 Å². The van der Waals surface area contributed by atoms with E-state index in [1.165, 1.54) is 13.2 Å². The Morgan fingerprint density at radius 2 is 1.63 bits per heavy atom. The summed E-state index contributed by atoms with van der Waals surface area (Å²) >= 11 is 0. The molecule has 0 atom stereocenters. The summed E-state index contributed by atoms with van der Waals surface area (Å²) in [5.41, 5.74) is 1.86. The number of phenolic OH excluding ortho intramolecular Hbond substituents is 2. The second-order valence-electron chi connectivity index (χ2n) is 5.99. The van der Waals surface area contributed by atoms with E-state index in [1.54, 1.807) is 36.4 Å². The van der Waals surface area contributed by atoms with Crippen molar-refractivity contribution in [1.82, 2.24) is 0 Å². The number of phenols is 2. The number of rotatable bonds is 10. The van der Waals surface area contributed by atoms with Gasteiger partial charge in [0.15, 0.2) is 35.6 Å². The Bertz CT molecular complexity index is 797. The number of ether oxygens (including phenoxy) is 2. The van der Waals surface area contributed by atoms with Crippen molar-refractivity contribution in [3.63, 3.8) is 0 Å². The molecule has 0 spiro atoms. The Hall–Kier alpha value is -2.99. The fourth-order valence-electron chi connectivity index (χ4n) is 2.59. The van der Waals surface area contributed by atoms with Gasteiger partial charge in [-0.3, -0.25) is 4.79 Å². The van der Waals surface area contributed by atoms with Crippen LogP contribution in [-0.2, 0) is 17.6 Å². The zero-order chi connectivity index (χ0) is 19.6. The van der Waals surface area contributed by atoms with Gasteiger partial charge in [0.2, 0.25) is 0 Å². The molecule has 0 heterocycles. The number of hydrogen-bond donors (Lipinski definition) is 3. The summed E-state index contributed by atoms with van der Waals surface area (Å²) in [4.78, 5) is 12.0. The highest BCUT2D eigenvalue weighted by Crippen LogP contribution is 2.28. The number of ketones is 1. The van der Waals surface area contributed by atoms with E-state index < -0.39 is 6.79 Å². The van der Waals surface area contributed by atoms with Crippen LogP contribution in [0.4, 0.5) is 0 Å². The van der Waals surface area contributed by atoms with Gasteiger partial charge in [-0.15, -0.1) is 0 Å². The number of carbonyl (C=O) groups is 1. The average molecular weight is 372 g/mol. The lowest BCUT2D eigenvalue weighted by molar-refractivity contribution is -0.114. The maximum absolute atomic E-state index is 12.0. The van der Waals surface area contributed by atoms with Crippen LogP contribution in [0.2, 0.25) is 0 Å². The molecule has 0 aromatic heterocycles. The monoisotopic (exact) mass is 372 g/mol. The molecule has 0 unspecified atom stereocenters. The lowest BCUT2D eigenvalue weighted by Gasteiger charge is -2.07. The number of carbonyl (C=O) groups excluding carboxylic acids is 1. The molecule has 0 fully saturated rings. The predicted molar refractivity (Wildman–Crippen MR) is 101 cm³/mol. The fourth-order valence-corrected chi connectivity index (χ4v) is 2.59. The molecule has 3 N–H and O–H groups in total. The molecule has 2 rings (SSSR count). The quantitative estimate of drug-likeness (QED) is 0.438. The van der Waals surface area contributed by atoms with Gasteiger partial charge >= 0.3 is 0 Å². The zero-order valence-corrected chi connectivity index (χ0v) is 15.2. The summed E-state index contributed by atoms with van der Waals surface area (Å²) in [6, 6.07) is 10.0. The normalized spacial score (nSPS) is 10.9. The molecule has 2 aromatic rings.